The first-order chi connectivity index (χ1) is 6.56. The van der Waals surface area contributed by atoms with E-state index in [0.29, 0.717) is 6.10 Å². The first-order valence-corrected chi connectivity index (χ1v) is 5.89. The molecule has 82 valence electrons. The van der Waals surface area contributed by atoms with Crippen molar-refractivity contribution in [2.75, 3.05) is 0 Å². The summed E-state index contributed by atoms with van der Waals surface area (Å²) in [7, 11) is 0. The zero-order valence-corrected chi connectivity index (χ0v) is 10.1. The van der Waals surface area contributed by atoms with Gasteiger partial charge in [0, 0.05) is 0 Å². The van der Waals surface area contributed by atoms with Crippen LogP contribution in [-0.2, 0) is 4.74 Å². The second kappa shape index (κ2) is 4.97. The lowest BCUT2D eigenvalue weighted by atomic mass is 10.0. The van der Waals surface area contributed by atoms with Gasteiger partial charge in [0.25, 0.3) is 0 Å². The molecule has 1 saturated heterocycles. The molecule has 0 N–H and O–H groups in total. The van der Waals surface area contributed by atoms with Gasteiger partial charge >= 0.3 is 0 Å². The highest BCUT2D eigenvalue weighted by Gasteiger charge is 2.46. The van der Waals surface area contributed by atoms with Crippen molar-refractivity contribution >= 4 is 0 Å². The lowest BCUT2D eigenvalue weighted by molar-refractivity contribution is 0.320. The Hall–Kier alpha value is -0.300. The summed E-state index contributed by atoms with van der Waals surface area (Å²) in [6.07, 6.45) is 9.16. The van der Waals surface area contributed by atoms with Crippen LogP contribution in [0.4, 0.5) is 0 Å². The highest BCUT2D eigenvalue weighted by atomic mass is 16.6. The lowest BCUT2D eigenvalue weighted by Crippen LogP contribution is -2.02. The Morgan fingerprint density at radius 3 is 2.57 bits per heavy atom. The number of allylic oxidation sites excluding steroid dienone is 2. The van der Waals surface area contributed by atoms with Gasteiger partial charge in [-0.1, -0.05) is 31.4 Å². The van der Waals surface area contributed by atoms with E-state index in [1.807, 2.05) is 0 Å². The smallest absolute Gasteiger partial charge is 0.0892 e. The average Bonchev–Trinajstić information content (AvgIpc) is 2.71. The molecule has 0 radical (unpaired) electrons. The predicted octanol–water partition coefficient (Wildman–Crippen LogP) is 4.08. The number of hydrogen-bond donors (Lipinski definition) is 0. The van der Waals surface area contributed by atoms with Crippen LogP contribution >= 0.6 is 0 Å². The van der Waals surface area contributed by atoms with Gasteiger partial charge in [-0.25, -0.2) is 0 Å². The third-order valence-corrected chi connectivity index (χ3v) is 3.02. The van der Waals surface area contributed by atoms with E-state index in [-0.39, 0.29) is 5.60 Å². The van der Waals surface area contributed by atoms with E-state index in [4.69, 9.17) is 4.74 Å². The summed E-state index contributed by atoms with van der Waals surface area (Å²) >= 11 is 0. The summed E-state index contributed by atoms with van der Waals surface area (Å²) < 4.78 is 5.55. The van der Waals surface area contributed by atoms with Gasteiger partial charge in [-0.2, -0.15) is 0 Å². The van der Waals surface area contributed by atoms with Gasteiger partial charge in [0.05, 0.1) is 11.7 Å². The summed E-state index contributed by atoms with van der Waals surface area (Å²) in [4.78, 5) is 0. The van der Waals surface area contributed by atoms with Crippen molar-refractivity contribution in [3.63, 3.8) is 0 Å². The van der Waals surface area contributed by atoms with Crippen LogP contribution in [0.3, 0.4) is 0 Å². The highest BCUT2D eigenvalue weighted by Crippen LogP contribution is 2.38. The van der Waals surface area contributed by atoms with Gasteiger partial charge < -0.3 is 4.74 Å². The van der Waals surface area contributed by atoms with Crippen molar-refractivity contribution < 1.29 is 4.74 Å². The molecule has 1 heterocycles. The first kappa shape index (κ1) is 11.8. The second-order valence-corrected chi connectivity index (χ2v) is 4.94. The minimum absolute atomic E-state index is 0.170. The molecule has 0 aromatic carbocycles. The van der Waals surface area contributed by atoms with Crippen molar-refractivity contribution in [2.45, 2.75) is 71.5 Å². The monoisotopic (exact) mass is 196 g/mol. The Morgan fingerprint density at radius 1 is 1.43 bits per heavy atom. The van der Waals surface area contributed by atoms with Gasteiger partial charge in [0.2, 0.25) is 0 Å². The Labute approximate surface area is 88.5 Å². The summed E-state index contributed by atoms with van der Waals surface area (Å²) in [5, 5.41) is 0. The van der Waals surface area contributed by atoms with Crippen LogP contribution in [0.5, 0.6) is 0 Å². The van der Waals surface area contributed by atoms with Gasteiger partial charge in [-0.3, -0.25) is 0 Å². The van der Waals surface area contributed by atoms with E-state index in [1.165, 1.54) is 37.7 Å². The van der Waals surface area contributed by atoms with Gasteiger partial charge in [0.15, 0.2) is 0 Å². The van der Waals surface area contributed by atoms with E-state index < -0.39 is 0 Å². The Bertz CT molecular complexity index is 203. The zero-order valence-electron chi connectivity index (χ0n) is 10.1. The van der Waals surface area contributed by atoms with Crippen molar-refractivity contribution in [3.05, 3.63) is 11.6 Å². The maximum absolute atomic E-state index is 5.55. The molecule has 0 spiro atoms. The van der Waals surface area contributed by atoms with Crippen molar-refractivity contribution in [1.29, 1.82) is 0 Å². The Balaban J connectivity index is 2.09. The molecule has 1 aliphatic heterocycles. The van der Waals surface area contributed by atoms with Gasteiger partial charge in [-0.15, -0.1) is 0 Å². The number of ether oxygens (including phenoxy) is 1. The minimum atomic E-state index is 0.170. The highest BCUT2D eigenvalue weighted by molar-refractivity contribution is 5.02. The number of hydrogen-bond acceptors (Lipinski definition) is 1. The molecule has 1 fully saturated rings. The Kier molecular flexibility index (Phi) is 4.18. The van der Waals surface area contributed by atoms with Crippen molar-refractivity contribution in [2.24, 2.45) is 0 Å². The molecule has 0 aromatic rings. The second-order valence-electron chi connectivity index (χ2n) is 4.94. The fraction of sp³-hybridized carbons (Fsp3) is 0.846. The SMILES string of the molecule is CCCC/C=C(\C)CCC1OC1(C)C. The molecular formula is C13H24O. The normalized spacial score (nSPS) is 25.1. The molecule has 0 saturated carbocycles. The summed E-state index contributed by atoms with van der Waals surface area (Å²) in [5.41, 5.74) is 1.70. The fourth-order valence-corrected chi connectivity index (χ4v) is 1.75. The molecule has 0 bridgehead atoms. The van der Waals surface area contributed by atoms with E-state index >= 15 is 0 Å². The van der Waals surface area contributed by atoms with Gasteiger partial charge in [0.1, 0.15) is 0 Å². The lowest BCUT2D eigenvalue weighted by Gasteiger charge is -2.00. The molecule has 1 atom stereocenters. The molecule has 0 amide bonds. The number of epoxide rings is 1. The maximum Gasteiger partial charge on any atom is 0.0892 e. The molecule has 1 unspecified atom stereocenters. The number of unbranched alkanes of at least 4 members (excludes halogenated alkanes) is 2. The molecule has 1 aliphatic rings. The first-order valence-electron chi connectivity index (χ1n) is 5.89. The third kappa shape index (κ3) is 3.83. The predicted molar refractivity (Wildman–Crippen MR) is 61.5 cm³/mol. The standard InChI is InChI=1S/C13H24O/c1-5-6-7-8-11(2)9-10-12-13(3,4)14-12/h8,12H,5-7,9-10H2,1-4H3/b11-8+. The zero-order chi connectivity index (χ0) is 10.6. The van der Waals surface area contributed by atoms with Crippen LogP contribution in [0.15, 0.2) is 11.6 Å². The minimum Gasteiger partial charge on any atom is -0.367 e. The van der Waals surface area contributed by atoms with Crippen LogP contribution in [-0.4, -0.2) is 11.7 Å². The largest absolute Gasteiger partial charge is 0.367 e. The molecule has 1 heteroatoms. The topological polar surface area (TPSA) is 12.5 Å². The van der Waals surface area contributed by atoms with E-state index in [1.54, 1.807) is 0 Å². The summed E-state index contributed by atoms with van der Waals surface area (Å²) in [6.45, 7) is 8.83. The molecule has 1 rings (SSSR count). The number of rotatable bonds is 6. The van der Waals surface area contributed by atoms with Gasteiger partial charge in [-0.05, 0) is 40.0 Å². The van der Waals surface area contributed by atoms with E-state index in [9.17, 15) is 0 Å². The molecule has 0 aliphatic carbocycles. The van der Waals surface area contributed by atoms with Crippen molar-refractivity contribution in [3.8, 4) is 0 Å². The molecule has 0 aromatic heterocycles. The molecule has 1 nitrogen and oxygen atoms in total. The van der Waals surface area contributed by atoms with E-state index in [2.05, 4.69) is 33.8 Å². The molecule has 14 heavy (non-hydrogen) atoms. The Morgan fingerprint density at radius 2 is 2.07 bits per heavy atom. The fourth-order valence-electron chi connectivity index (χ4n) is 1.75. The van der Waals surface area contributed by atoms with Crippen LogP contribution in [0, 0.1) is 0 Å². The third-order valence-electron chi connectivity index (χ3n) is 3.02. The quantitative estimate of drug-likeness (QED) is 0.354. The summed E-state index contributed by atoms with van der Waals surface area (Å²) in [5.74, 6) is 0. The van der Waals surface area contributed by atoms with Crippen LogP contribution in [0.2, 0.25) is 0 Å². The molecular weight excluding hydrogens is 172 g/mol. The van der Waals surface area contributed by atoms with E-state index in [0.717, 1.165) is 0 Å². The van der Waals surface area contributed by atoms with Crippen LogP contribution < -0.4 is 0 Å². The summed E-state index contributed by atoms with van der Waals surface area (Å²) in [6, 6.07) is 0. The average molecular weight is 196 g/mol. The van der Waals surface area contributed by atoms with Crippen LogP contribution in [0.25, 0.3) is 0 Å². The maximum atomic E-state index is 5.55. The van der Waals surface area contributed by atoms with Crippen LogP contribution in [0.1, 0.15) is 59.8 Å². The van der Waals surface area contributed by atoms with Crippen molar-refractivity contribution in [1.82, 2.24) is 0 Å².